The Morgan fingerprint density at radius 1 is 0.478 bits per heavy atom. The van der Waals surface area contributed by atoms with Crippen LogP contribution in [0.4, 0.5) is 0 Å². The molecule has 0 atom stereocenters. The molecule has 0 aromatic heterocycles. The summed E-state index contributed by atoms with van der Waals surface area (Å²) in [6.45, 7) is 13.3. The molecule has 1 heteroatoms. The Bertz CT molecular complexity index is 170. The Labute approximate surface area is 172 Å². The van der Waals surface area contributed by atoms with Crippen molar-refractivity contribution in [3.63, 3.8) is 0 Å². The van der Waals surface area contributed by atoms with Crippen LogP contribution in [0.15, 0.2) is 0 Å². The van der Waals surface area contributed by atoms with E-state index in [9.17, 15) is 0 Å². The molecule has 0 aromatic carbocycles. The Morgan fingerprint density at radius 2 is 0.609 bits per heavy atom. The predicted molar refractivity (Wildman–Crippen MR) is 103 cm³/mol. The van der Waals surface area contributed by atoms with Gasteiger partial charge in [-0.1, -0.05) is 97.8 Å². The van der Waals surface area contributed by atoms with E-state index < -0.39 is 0 Å². The van der Waals surface area contributed by atoms with Gasteiger partial charge in [-0.2, -0.15) is 20.8 Å². The summed E-state index contributed by atoms with van der Waals surface area (Å²) in [7, 11) is 0. The molecule has 0 saturated heterocycles. The van der Waals surface area contributed by atoms with Crippen LogP contribution in [0, 0.1) is 54.8 Å². The fourth-order valence-corrected chi connectivity index (χ4v) is 3.39. The third-order valence-electron chi connectivity index (χ3n) is 4.93. The number of rotatable bonds is 0. The van der Waals surface area contributed by atoms with Gasteiger partial charge in [0.15, 0.2) is 0 Å². The molecule has 3 aliphatic rings. The minimum Gasteiger partial charge on any atom is -0.323 e. The van der Waals surface area contributed by atoms with Crippen LogP contribution in [-0.4, -0.2) is 0 Å². The van der Waals surface area contributed by atoms with Gasteiger partial charge >= 0.3 is 0 Å². The molecule has 0 radical (unpaired) electrons. The zero-order chi connectivity index (χ0) is 16.8. The molecule has 0 spiro atoms. The van der Waals surface area contributed by atoms with Crippen LogP contribution in [0.2, 0.25) is 0 Å². The molecule has 0 heterocycles. The van der Waals surface area contributed by atoms with Crippen LogP contribution in [0.25, 0.3) is 0 Å². The van der Waals surface area contributed by atoms with Gasteiger partial charge in [-0.25, -0.2) is 0 Å². The van der Waals surface area contributed by atoms with Crippen LogP contribution >= 0.6 is 0 Å². The average Bonchev–Trinajstić information content (AvgIpc) is 3.15. The molecule has 0 amide bonds. The first kappa shape index (κ1) is 26.3. The normalized spacial score (nSPS) is 21.5. The van der Waals surface area contributed by atoms with Crippen molar-refractivity contribution in [2.75, 3.05) is 0 Å². The molecule has 138 valence electrons. The Balaban J connectivity index is 0. The molecule has 0 nitrogen and oxygen atoms in total. The van der Waals surface area contributed by atoms with Gasteiger partial charge in [-0.05, 0) is 17.8 Å². The standard InChI is InChI=1S/3C6H12.C4H9.U/c3*1-6-4-2-3-5-6;1-4(2)3;/h3*6H,2-5H2,1H3;1-3H3;/q;;;-1;. The molecule has 0 aliphatic heterocycles. The van der Waals surface area contributed by atoms with Crippen molar-refractivity contribution in [2.24, 2.45) is 17.8 Å². The van der Waals surface area contributed by atoms with Crippen molar-refractivity contribution in [3.05, 3.63) is 5.92 Å². The average molecular weight is 548 g/mol. The van der Waals surface area contributed by atoms with Crippen LogP contribution < -0.4 is 0 Å². The third-order valence-corrected chi connectivity index (χ3v) is 4.93. The van der Waals surface area contributed by atoms with Crippen molar-refractivity contribution < 1.29 is 31.1 Å². The first-order valence-electron chi connectivity index (χ1n) is 10.2. The second-order valence-electron chi connectivity index (χ2n) is 8.67. The van der Waals surface area contributed by atoms with E-state index in [-0.39, 0.29) is 31.1 Å². The zero-order valence-corrected chi connectivity index (χ0v) is 21.4. The molecule has 3 aliphatic carbocycles. The SMILES string of the molecule is CC1CCCC1.CC1CCCC1.CC1CCCC1.C[C-](C)C.[U]. The largest absolute Gasteiger partial charge is 0.323 e. The first-order chi connectivity index (χ1) is 10.4. The van der Waals surface area contributed by atoms with Crippen LogP contribution in [0.5, 0.6) is 0 Å². The zero-order valence-electron chi connectivity index (χ0n) is 17.2. The summed E-state index contributed by atoms with van der Waals surface area (Å²) >= 11 is 0. The van der Waals surface area contributed by atoms with Crippen LogP contribution in [0.1, 0.15) is 119 Å². The topological polar surface area (TPSA) is 0 Å². The van der Waals surface area contributed by atoms with Crippen molar-refractivity contribution in [2.45, 2.75) is 119 Å². The molecule has 0 N–H and O–H groups in total. The van der Waals surface area contributed by atoms with Gasteiger partial charge in [0.25, 0.3) is 0 Å². The first-order valence-corrected chi connectivity index (χ1v) is 10.2. The summed E-state index contributed by atoms with van der Waals surface area (Å²) in [5.41, 5.74) is 0. The van der Waals surface area contributed by atoms with Gasteiger partial charge in [0.1, 0.15) is 0 Å². The van der Waals surface area contributed by atoms with E-state index in [1.165, 1.54) is 83.0 Å². The van der Waals surface area contributed by atoms with E-state index in [0.29, 0.717) is 0 Å². The van der Waals surface area contributed by atoms with E-state index >= 15 is 0 Å². The van der Waals surface area contributed by atoms with E-state index in [4.69, 9.17) is 0 Å². The summed E-state index contributed by atoms with van der Waals surface area (Å²) in [5, 5.41) is 0. The maximum absolute atomic E-state index is 2.34. The van der Waals surface area contributed by atoms with E-state index in [1.54, 1.807) is 0 Å². The van der Waals surface area contributed by atoms with E-state index in [2.05, 4.69) is 41.5 Å². The van der Waals surface area contributed by atoms with Crippen LogP contribution in [0.3, 0.4) is 0 Å². The number of hydrogen-bond donors (Lipinski definition) is 0. The predicted octanol–water partition coefficient (Wildman–Crippen LogP) is 8.21. The Hall–Kier alpha value is 1.05. The van der Waals surface area contributed by atoms with Gasteiger partial charge in [-0.3, -0.25) is 0 Å². The molecule has 3 saturated carbocycles. The molecular formula is C22H45U-. The summed E-state index contributed by atoms with van der Waals surface area (Å²) in [5.74, 6) is 4.56. The van der Waals surface area contributed by atoms with Crippen molar-refractivity contribution in [1.29, 1.82) is 0 Å². The minimum absolute atomic E-state index is 0. The second kappa shape index (κ2) is 17.9. The number of hydrogen-bond acceptors (Lipinski definition) is 0. The molecule has 3 fully saturated rings. The van der Waals surface area contributed by atoms with Gasteiger partial charge in [0.05, 0.1) is 0 Å². The molecule has 0 unspecified atom stereocenters. The van der Waals surface area contributed by atoms with Crippen molar-refractivity contribution in [1.82, 2.24) is 0 Å². The Kier molecular flexibility index (Phi) is 20.4. The fourth-order valence-electron chi connectivity index (χ4n) is 3.39. The Morgan fingerprint density at radius 3 is 0.652 bits per heavy atom. The fraction of sp³-hybridized carbons (Fsp3) is 0.955. The van der Waals surface area contributed by atoms with Gasteiger partial charge in [-0.15, -0.1) is 0 Å². The van der Waals surface area contributed by atoms with E-state index in [1.807, 2.05) is 0 Å². The molecule has 0 aromatic rings. The summed E-state index contributed by atoms with van der Waals surface area (Å²) in [6, 6.07) is 0. The third kappa shape index (κ3) is 21.0. The van der Waals surface area contributed by atoms with Gasteiger partial charge in [0.2, 0.25) is 0 Å². The minimum atomic E-state index is 0. The second-order valence-corrected chi connectivity index (χ2v) is 8.67. The monoisotopic (exact) mass is 547 g/mol. The maximum Gasteiger partial charge on any atom is 0 e. The molecule has 23 heavy (non-hydrogen) atoms. The maximum atomic E-state index is 2.34. The molecular weight excluding hydrogens is 502 g/mol. The van der Waals surface area contributed by atoms with Gasteiger partial charge < -0.3 is 5.92 Å². The summed E-state index contributed by atoms with van der Waals surface area (Å²) in [6.07, 6.45) is 17.8. The van der Waals surface area contributed by atoms with Gasteiger partial charge in [0, 0.05) is 31.1 Å². The van der Waals surface area contributed by atoms with E-state index in [0.717, 1.165) is 17.8 Å². The molecule has 0 bridgehead atoms. The smallest absolute Gasteiger partial charge is 0 e. The summed E-state index contributed by atoms with van der Waals surface area (Å²) < 4.78 is 0. The summed E-state index contributed by atoms with van der Waals surface area (Å²) in [4.78, 5) is 0. The van der Waals surface area contributed by atoms with Crippen molar-refractivity contribution in [3.8, 4) is 0 Å². The quantitative estimate of drug-likeness (QED) is 0.268. The van der Waals surface area contributed by atoms with Crippen LogP contribution in [-0.2, 0) is 0 Å². The molecule has 3 rings (SSSR count). The van der Waals surface area contributed by atoms with Crippen molar-refractivity contribution >= 4 is 0 Å².